The average Bonchev–Trinajstić information content (AvgIpc) is 2.30. The molecule has 0 atom stereocenters. The molecule has 0 fully saturated rings. The number of hydrogen-bond acceptors (Lipinski definition) is 2. The van der Waals surface area contributed by atoms with E-state index in [1.807, 2.05) is 24.3 Å². The van der Waals surface area contributed by atoms with E-state index in [0.717, 1.165) is 21.4 Å². The molecule has 2 aromatic rings. The molecule has 0 unspecified atom stereocenters. The summed E-state index contributed by atoms with van der Waals surface area (Å²) in [5, 5.41) is 0. The molecule has 0 aliphatic heterocycles. The molecule has 0 radical (unpaired) electrons. The Morgan fingerprint density at radius 3 is 2.20 bits per heavy atom. The maximum atomic E-state index is 5.66. The molecule has 2 rings (SSSR count). The smallest absolute Gasteiger partial charge is 0.159 e. The van der Waals surface area contributed by atoms with E-state index in [0.29, 0.717) is 5.88 Å². The summed E-state index contributed by atoms with van der Waals surface area (Å²) in [6, 6.07) is 7.88. The number of benzene rings is 1. The molecule has 76 valence electrons. The van der Waals surface area contributed by atoms with E-state index in [-0.39, 0.29) is 0 Å². The van der Waals surface area contributed by atoms with Crippen LogP contribution in [0.2, 0.25) is 0 Å². The number of rotatable bonds is 2. The minimum Gasteiger partial charge on any atom is -0.236 e. The lowest BCUT2D eigenvalue weighted by atomic mass is 10.2. The van der Waals surface area contributed by atoms with Crippen molar-refractivity contribution in [2.24, 2.45) is 0 Å². The molecular formula is C11H8BrClN2. The standard InChI is InChI=1S/C11H8BrClN2/c12-10-3-1-9(2-4-10)11-14-6-8(5-13)7-15-11/h1-4,6-7H,5H2. The molecule has 1 heterocycles. The van der Waals surface area contributed by atoms with Gasteiger partial charge in [0.05, 0.1) is 5.88 Å². The summed E-state index contributed by atoms with van der Waals surface area (Å²) in [5.41, 5.74) is 1.93. The van der Waals surface area contributed by atoms with E-state index in [9.17, 15) is 0 Å². The zero-order valence-corrected chi connectivity index (χ0v) is 10.2. The second-order valence-corrected chi connectivity index (χ2v) is 4.24. The number of hydrogen-bond donors (Lipinski definition) is 0. The predicted octanol–water partition coefficient (Wildman–Crippen LogP) is 3.64. The van der Waals surface area contributed by atoms with Crippen LogP contribution in [0.15, 0.2) is 41.1 Å². The SMILES string of the molecule is ClCc1cnc(-c2ccc(Br)cc2)nc1. The zero-order chi connectivity index (χ0) is 10.7. The van der Waals surface area contributed by atoms with E-state index < -0.39 is 0 Å². The Morgan fingerprint density at radius 1 is 1.07 bits per heavy atom. The Labute approximate surface area is 101 Å². The number of halogens is 2. The van der Waals surface area contributed by atoms with Gasteiger partial charge in [0.2, 0.25) is 0 Å². The molecule has 0 amide bonds. The van der Waals surface area contributed by atoms with Crippen LogP contribution in [-0.4, -0.2) is 9.97 Å². The maximum absolute atomic E-state index is 5.66. The minimum atomic E-state index is 0.445. The van der Waals surface area contributed by atoms with Gasteiger partial charge in [0.1, 0.15) is 0 Å². The molecule has 0 N–H and O–H groups in total. The first-order valence-corrected chi connectivity index (χ1v) is 5.75. The third kappa shape index (κ3) is 2.55. The van der Waals surface area contributed by atoms with Gasteiger partial charge in [-0.2, -0.15) is 0 Å². The van der Waals surface area contributed by atoms with E-state index in [4.69, 9.17) is 11.6 Å². The molecule has 0 bridgehead atoms. The van der Waals surface area contributed by atoms with Crippen LogP contribution in [-0.2, 0) is 5.88 Å². The normalized spacial score (nSPS) is 10.3. The van der Waals surface area contributed by atoms with Crippen molar-refractivity contribution in [1.82, 2.24) is 9.97 Å². The van der Waals surface area contributed by atoms with E-state index in [1.165, 1.54) is 0 Å². The van der Waals surface area contributed by atoms with Crippen LogP contribution in [0.25, 0.3) is 11.4 Å². The number of alkyl halides is 1. The van der Waals surface area contributed by atoms with Crippen molar-refractivity contribution >= 4 is 27.5 Å². The first-order valence-electron chi connectivity index (χ1n) is 4.42. The van der Waals surface area contributed by atoms with Crippen molar-refractivity contribution in [3.05, 3.63) is 46.7 Å². The van der Waals surface area contributed by atoms with Gasteiger partial charge in [-0.3, -0.25) is 0 Å². The van der Waals surface area contributed by atoms with Crippen molar-refractivity contribution in [2.75, 3.05) is 0 Å². The highest BCUT2D eigenvalue weighted by Gasteiger charge is 2.00. The molecule has 0 saturated heterocycles. The summed E-state index contributed by atoms with van der Waals surface area (Å²) in [4.78, 5) is 8.48. The highest BCUT2D eigenvalue weighted by molar-refractivity contribution is 9.10. The Bertz CT molecular complexity index is 439. The third-order valence-electron chi connectivity index (χ3n) is 1.96. The summed E-state index contributed by atoms with van der Waals surface area (Å²) in [7, 11) is 0. The summed E-state index contributed by atoms with van der Waals surface area (Å²) < 4.78 is 1.05. The van der Waals surface area contributed by atoms with Gasteiger partial charge >= 0.3 is 0 Å². The summed E-state index contributed by atoms with van der Waals surface area (Å²) in [6.07, 6.45) is 3.49. The molecule has 0 saturated carbocycles. The molecule has 1 aromatic carbocycles. The van der Waals surface area contributed by atoms with Crippen molar-refractivity contribution in [2.45, 2.75) is 5.88 Å². The first kappa shape index (κ1) is 10.6. The summed E-state index contributed by atoms with van der Waals surface area (Å²) >= 11 is 9.04. The average molecular weight is 284 g/mol. The van der Waals surface area contributed by atoms with Crippen LogP contribution >= 0.6 is 27.5 Å². The van der Waals surface area contributed by atoms with E-state index in [1.54, 1.807) is 12.4 Å². The Kier molecular flexibility index (Phi) is 3.34. The lowest BCUT2D eigenvalue weighted by molar-refractivity contribution is 1.13. The third-order valence-corrected chi connectivity index (χ3v) is 2.80. The molecule has 15 heavy (non-hydrogen) atoms. The second kappa shape index (κ2) is 4.73. The Balaban J connectivity index is 2.33. The molecule has 0 spiro atoms. The maximum Gasteiger partial charge on any atom is 0.159 e. The fourth-order valence-electron chi connectivity index (χ4n) is 1.17. The van der Waals surface area contributed by atoms with Gasteiger partial charge in [0.15, 0.2) is 5.82 Å². The van der Waals surface area contributed by atoms with Crippen LogP contribution < -0.4 is 0 Å². The lowest BCUT2D eigenvalue weighted by Gasteiger charge is -2.00. The highest BCUT2D eigenvalue weighted by atomic mass is 79.9. The fourth-order valence-corrected chi connectivity index (χ4v) is 1.57. The van der Waals surface area contributed by atoms with Gasteiger partial charge in [-0.05, 0) is 12.1 Å². The van der Waals surface area contributed by atoms with E-state index in [2.05, 4.69) is 25.9 Å². The van der Waals surface area contributed by atoms with Crippen molar-refractivity contribution in [3.63, 3.8) is 0 Å². The lowest BCUT2D eigenvalue weighted by Crippen LogP contribution is -1.90. The summed E-state index contributed by atoms with van der Waals surface area (Å²) in [5.74, 6) is 1.16. The molecule has 0 aliphatic carbocycles. The number of aromatic nitrogens is 2. The second-order valence-electron chi connectivity index (χ2n) is 3.06. The van der Waals surface area contributed by atoms with Crippen LogP contribution in [0.5, 0.6) is 0 Å². The molecule has 4 heteroatoms. The van der Waals surface area contributed by atoms with Gasteiger partial charge < -0.3 is 0 Å². The topological polar surface area (TPSA) is 25.8 Å². The molecule has 0 aliphatic rings. The van der Waals surface area contributed by atoms with E-state index >= 15 is 0 Å². The van der Waals surface area contributed by atoms with Crippen molar-refractivity contribution in [1.29, 1.82) is 0 Å². The number of nitrogens with zero attached hydrogens (tertiary/aromatic N) is 2. The first-order chi connectivity index (χ1) is 7.29. The van der Waals surface area contributed by atoms with Gasteiger partial charge in [-0.1, -0.05) is 28.1 Å². The highest BCUT2D eigenvalue weighted by Crippen LogP contribution is 2.18. The predicted molar refractivity (Wildman–Crippen MR) is 64.7 cm³/mol. The van der Waals surface area contributed by atoms with Gasteiger partial charge in [0.25, 0.3) is 0 Å². The Morgan fingerprint density at radius 2 is 1.67 bits per heavy atom. The van der Waals surface area contributed by atoms with Crippen molar-refractivity contribution < 1.29 is 0 Å². The quantitative estimate of drug-likeness (QED) is 0.786. The van der Waals surface area contributed by atoms with Crippen molar-refractivity contribution in [3.8, 4) is 11.4 Å². The minimum absolute atomic E-state index is 0.445. The molecular weight excluding hydrogens is 275 g/mol. The molecule has 1 aromatic heterocycles. The summed E-state index contributed by atoms with van der Waals surface area (Å²) in [6.45, 7) is 0. The van der Waals surface area contributed by atoms with Crippen LogP contribution in [0, 0.1) is 0 Å². The zero-order valence-electron chi connectivity index (χ0n) is 7.82. The van der Waals surface area contributed by atoms with Gasteiger partial charge in [0, 0.05) is 28.0 Å². The monoisotopic (exact) mass is 282 g/mol. The molecule has 2 nitrogen and oxygen atoms in total. The largest absolute Gasteiger partial charge is 0.236 e. The van der Waals surface area contributed by atoms with Gasteiger partial charge in [-0.25, -0.2) is 9.97 Å². The Hall–Kier alpha value is -0.930. The van der Waals surface area contributed by atoms with Crippen LogP contribution in [0.1, 0.15) is 5.56 Å². The van der Waals surface area contributed by atoms with Crippen LogP contribution in [0.3, 0.4) is 0 Å². The van der Waals surface area contributed by atoms with Gasteiger partial charge in [-0.15, -0.1) is 11.6 Å². The fraction of sp³-hybridized carbons (Fsp3) is 0.0909. The van der Waals surface area contributed by atoms with Crippen LogP contribution in [0.4, 0.5) is 0 Å².